The van der Waals surface area contributed by atoms with E-state index in [9.17, 15) is 0 Å². The van der Waals surface area contributed by atoms with Crippen LogP contribution in [0.15, 0.2) is 18.2 Å². The molecule has 0 amide bonds. The largest absolute Gasteiger partial charge is 0.493 e. The van der Waals surface area contributed by atoms with Crippen molar-refractivity contribution in [3.8, 4) is 11.5 Å². The van der Waals surface area contributed by atoms with Gasteiger partial charge in [0.2, 0.25) is 0 Å². The van der Waals surface area contributed by atoms with Crippen molar-refractivity contribution in [1.29, 1.82) is 0 Å². The van der Waals surface area contributed by atoms with Crippen LogP contribution in [0.25, 0.3) is 0 Å². The van der Waals surface area contributed by atoms with Crippen LogP contribution in [-0.4, -0.2) is 44.8 Å². The number of hydrogen-bond donors (Lipinski definition) is 1. The second-order valence-corrected chi connectivity index (χ2v) is 6.20. The average Bonchev–Trinajstić information content (AvgIpc) is 3.01. The fraction of sp³-hybridized carbons (Fsp3) is 0.647. The predicted octanol–water partition coefficient (Wildman–Crippen LogP) is 2.59. The van der Waals surface area contributed by atoms with Gasteiger partial charge in [-0.3, -0.25) is 0 Å². The van der Waals surface area contributed by atoms with E-state index in [2.05, 4.69) is 29.4 Å². The number of hydrogen-bond acceptors (Lipinski definition) is 4. The first kappa shape index (κ1) is 14.7. The van der Waals surface area contributed by atoms with Crippen LogP contribution < -0.4 is 14.8 Å². The molecule has 2 fully saturated rings. The summed E-state index contributed by atoms with van der Waals surface area (Å²) in [4.78, 5) is 2.34. The van der Waals surface area contributed by atoms with Crippen molar-refractivity contribution in [3.63, 3.8) is 0 Å². The molecule has 4 nitrogen and oxygen atoms in total. The zero-order valence-corrected chi connectivity index (χ0v) is 13.1. The zero-order valence-electron chi connectivity index (χ0n) is 13.1. The maximum Gasteiger partial charge on any atom is 0.161 e. The Morgan fingerprint density at radius 2 is 2.10 bits per heavy atom. The number of likely N-dealkylation sites (tertiary alicyclic amines) is 1. The summed E-state index contributed by atoms with van der Waals surface area (Å²) in [6, 6.07) is 6.82. The molecule has 3 rings (SSSR count). The molecule has 0 radical (unpaired) electrons. The minimum Gasteiger partial charge on any atom is -0.493 e. The lowest BCUT2D eigenvalue weighted by atomic mass is 10.0. The van der Waals surface area contributed by atoms with Crippen LogP contribution in [0.2, 0.25) is 0 Å². The Bertz CT molecular complexity index is 472. The Morgan fingerprint density at radius 1 is 1.19 bits per heavy atom. The van der Waals surface area contributed by atoms with E-state index in [1.54, 1.807) is 7.11 Å². The smallest absolute Gasteiger partial charge is 0.161 e. The first-order valence-electron chi connectivity index (χ1n) is 8.03. The number of benzene rings is 1. The Labute approximate surface area is 127 Å². The lowest BCUT2D eigenvalue weighted by molar-refractivity contribution is 0.101. The van der Waals surface area contributed by atoms with Crippen LogP contribution in [0.3, 0.4) is 0 Å². The highest BCUT2D eigenvalue weighted by Gasteiger charge is 2.22. The molecule has 0 bridgehead atoms. The summed E-state index contributed by atoms with van der Waals surface area (Å²) in [7, 11) is 3.87. The van der Waals surface area contributed by atoms with Crippen molar-refractivity contribution in [2.75, 3.05) is 33.8 Å². The number of nitrogens with zero attached hydrogens (tertiary/aromatic N) is 1. The molecule has 2 aliphatic rings. The van der Waals surface area contributed by atoms with Gasteiger partial charge in [-0.25, -0.2) is 0 Å². The molecule has 2 aliphatic heterocycles. The quantitative estimate of drug-likeness (QED) is 0.924. The van der Waals surface area contributed by atoms with Crippen LogP contribution in [0.4, 0.5) is 0 Å². The zero-order chi connectivity index (χ0) is 14.7. The van der Waals surface area contributed by atoms with Gasteiger partial charge in [0, 0.05) is 12.6 Å². The van der Waals surface area contributed by atoms with Crippen LogP contribution in [0.1, 0.15) is 37.3 Å². The molecule has 0 spiro atoms. The van der Waals surface area contributed by atoms with E-state index in [1.807, 2.05) is 6.07 Å². The molecule has 1 N–H and O–H groups in total. The number of rotatable bonds is 4. The number of methoxy groups -OCH3 is 1. The molecule has 116 valence electrons. The van der Waals surface area contributed by atoms with E-state index in [0.29, 0.717) is 6.04 Å². The van der Waals surface area contributed by atoms with Gasteiger partial charge in [0.15, 0.2) is 11.5 Å². The monoisotopic (exact) mass is 290 g/mol. The normalized spacial score (nSPS) is 26.8. The highest BCUT2D eigenvalue weighted by atomic mass is 16.5. The third-order valence-electron chi connectivity index (χ3n) is 4.53. The number of piperidine rings is 1. The molecule has 2 unspecified atom stereocenters. The molecule has 2 saturated heterocycles. The lowest BCUT2D eigenvalue weighted by Crippen LogP contribution is -2.38. The van der Waals surface area contributed by atoms with Crippen molar-refractivity contribution >= 4 is 0 Å². The first-order chi connectivity index (χ1) is 10.3. The Morgan fingerprint density at radius 3 is 2.81 bits per heavy atom. The van der Waals surface area contributed by atoms with Gasteiger partial charge in [0.05, 0.1) is 7.11 Å². The van der Waals surface area contributed by atoms with Crippen LogP contribution in [0.5, 0.6) is 11.5 Å². The van der Waals surface area contributed by atoms with Gasteiger partial charge in [0.1, 0.15) is 6.10 Å². The van der Waals surface area contributed by atoms with Crippen molar-refractivity contribution in [2.24, 2.45) is 0 Å². The fourth-order valence-corrected chi connectivity index (χ4v) is 3.37. The van der Waals surface area contributed by atoms with Gasteiger partial charge >= 0.3 is 0 Å². The summed E-state index contributed by atoms with van der Waals surface area (Å²) in [5.74, 6) is 1.73. The third kappa shape index (κ3) is 3.50. The topological polar surface area (TPSA) is 33.7 Å². The van der Waals surface area contributed by atoms with Gasteiger partial charge < -0.3 is 19.7 Å². The van der Waals surface area contributed by atoms with Gasteiger partial charge in [-0.15, -0.1) is 0 Å². The van der Waals surface area contributed by atoms with Crippen molar-refractivity contribution in [3.05, 3.63) is 23.8 Å². The van der Waals surface area contributed by atoms with Gasteiger partial charge in [0.25, 0.3) is 0 Å². The second kappa shape index (κ2) is 6.67. The predicted molar refractivity (Wildman–Crippen MR) is 84.1 cm³/mol. The summed E-state index contributed by atoms with van der Waals surface area (Å²) in [6.07, 6.45) is 5.05. The van der Waals surface area contributed by atoms with Crippen molar-refractivity contribution < 1.29 is 9.47 Å². The molecule has 0 saturated carbocycles. The molecule has 4 heteroatoms. The minimum absolute atomic E-state index is 0.268. The molecule has 1 aromatic rings. The Balaban J connectivity index is 1.76. The fourth-order valence-electron chi connectivity index (χ4n) is 3.37. The molecule has 0 aliphatic carbocycles. The number of nitrogens with one attached hydrogen (secondary N) is 1. The molecule has 1 aromatic carbocycles. The van der Waals surface area contributed by atoms with Crippen molar-refractivity contribution in [1.82, 2.24) is 10.2 Å². The lowest BCUT2D eigenvalue weighted by Gasteiger charge is -2.30. The SMILES string of the molecule is COc1ccc(C2CCCN2)cc1OC1CCCN(C)C1. The summed E-state index contributed by atoms with van der Waals surface area (Å²) in [5, 5.41) is 3.54. The van der Waals surface area contributed by atoms with E-state index < -0.39 is 0 Å². The maximum atomic E-state index is 6.25. The third-order valence-corrected chi connectivity index (χ3v) is 4.53. The van der Waals surface area contributed by atoms with Crippen LogP contribution in [-0.2, 0) is 0 Å². The van der Waals surface area contributed by atoms with Crippen molar-refractivity contribution in [2.45, 2.75) is 37.8 Å². The molecule has 2 heterocycles. The van der Waals surface area contributed by atoms with E-state index in [1.165, 1.54) is 31.4 Å². The maximum absolute atomic E-state index is 6.25. The molecule has 2 atom stereocenters. The van der Waals surface area contributed by atoms with Crippen LogP contribution in [0, 0.1) is 0 Å². The highest BCUT2D eigenvalue weighted by molar-refractivity contribution is 5.44. The Hall–Kier alpha value is -1.26. The van der Waals surface area contributed by atoms with E-state index in [-0.39, 0.29) is 6.10 Å². The Kier molecular flexibility index (Phi) is 4.66. The van der Waals surface area contributed by atoms with Crippen LogP contribution >= 0.6 is 0 Å². The van der Waals surface area contributed by atoms with Gasteiger partial charge in [-0.1, -0.05) is 6.07 Å². The molecule has 21 heavy (non-hydrogen) atoms. The van der Waals surface area contributed by atoms with E-state index >= 15 is 0 Å². The second-order valence-electron chi connectivity index (χ2n) is 6.20. The summed E-state index contributed by atoms with van der Waals surface area (Å²) < 4.78 is 11.7. The van der Waals surface area contributed by atoms with E-state index in [4.69, 9.17) is 9.47 Å². The minimum atomic E-state index is 0.268. The summed E-state index contributed by atoms with van der Waals surface area (Å²) >= 11 is 0. The van der Waals surface area contributed by atoms with Gasteiger partial charge in [-0.05, 0) is 63.5 Å². The standard InChI is InChI=1S/C17H26N2O2/c1-19-10-4-5-14(12-19)21-17-11-13(7-8-16(17)20-2)15-6-3-9-18-15/h7-8,11,14-15,18H,3-6,9-10,12H2,1-2H3. The highest BCUT2D eigenvalue weighted by Crippen LogP contribution is 2.34. The number of ether oxygens (including phenoxy) is 2. The summed E-state index contributed by atoms with van der Waals surface area (Å²) in [6.45, 7) is 3.28. The van der Waals surface area contributed by atoms with E-state index in [0.717, 1.165) is 31.0 Å². The molecular formula is C17H26N2O2. The van der Waals surface area contributed by atoms with Gasteiger partial charge in [-0.2, -0.15) is 0 Å². The first-order valence-corrected chi connectivity index (χ1v) is 8.03. The molecule has 0 aromatic heterocycles. The number of likely N-dealkylation sites (N-methyl/N-ethyl adjacent to an activating group) is 1. The average molecular weight is 290 g/mol. The molecular weight excluding hydrogens is 264 g/mol. The summed E-state index contributed by atoms with van der Waals surface area (Å²) in [5.41, 5.74) is 1.31.